The van der Waals surface area contributed by atoms with Crippen LogP contribution < -0.4 is 33.2 Å². The van der Waals surface area contributed by atoms with E-state index in [9.17, 15) is 34.5 Å². The molecule has 14 heteroatoms. The van der Waals surface area contributed by atoms with Crippen LogP contribution in [0, 0.1) is 5.92 Å². The number of rotatable bonds is 15. The summed E-state index contributed by atoms with van der Waals surface area (Å²) in [6.45, 7) is 4.83. The smallest absolute Gasteiger partial charge is 0.328 e. The van der Waals surface area contributed by atoms with Crippen molar-refractivity contribution >= 4 is 29.7 Å². The van der Waals surface area contributed by atoms with Crippen molar-refractivity contribution in [2.75, 3.05) is 6.54 Å². The number of aliphatic hydroxyl groups is 1. The first-order valence-electron chi connectivity index (χ1n) is 12.1. The summed E-state index contributed by atoms with van der Waals surface area (Å²) < 4.78 is 0. The number of aliphatic carboxylic acids is 1. The highest BCUT2D eigenvalue weighted by Gasteiger charge is 2.32. The van der Waals surface area contributed by atoms with Gasteiger partial charge in [-0.1, -0.05) is 26.0 Å². The molecule has 0 saturated carbocycles. The van der Waals surface area contributed by atoms with Crippen molar-refractivity contribution in [2.45, 2.75) is 70.3 Å². The Morgan fingerprint density at radius 1 is 0.921 bits per heavy atom. The number of nitrogens with two attached hydrogens (primary N) is 3. The Morgan fingerprint density at radius 2 is 1.47 bits per heavy atom. The van der Waals surface area contributed by atoms with Crippen LogP contribution in [0.5, 0.6) is 5.75 Å². The first kappa shape index (κ1) is 32.1. The van der Waals surface area contributed by atoms with E-state index in [0.29, 0.717) is 5.56 Å². The largest absolute Gasteiger partial charge is 0.508 e. The quantitative estimate of drug-likeness (QED) is 0.0668. The van der Waals surface area contributed by atoms with E-state index in [1.165, 1.54) is 19.1 Å². The predicted molar refractivity (Wildman–Crippen MR) is 140 cm³/mol. The zero-order valence-corrected chi connectivity index (χ0v) is 21.8. The van der Waals surface area contributed by atoms with Crippen LogP contribution >= 0.6 is 0 Å². The lowest BCUT2D eigenvalue weighted by Gasteiger charge is -2.26. The molecule has 0 saturated heterocycles. The molecule has 0 fully saturated rings. The number of carboxylic acid groups (broad SMARTS) is 1. The zero-order chi connectivity index (χ0) is 29.0. The van der Waals surface area contributed by atoms with E-state index < -0.39 is 54.0 Å². The highest BCUT2D eigenvalue weighted by atomic mass is 16.4. The van der Waals surface area contributed by atoms with Crippen LogP contribution in [0.15, 0.2) is 29.3 Å². The van der Waals surface area contributed by atoms with Crippen LogP contribution in [0.3, 0.4) is 0 Å². The van der Waals surface area contributed by atoms with Gasteiger partial charge in [0.2, 0.25) is 17.7 Å². The van der Waals surface area contributed by atoms with Crippen molar-refractivity contribution in [1.82, 2.24) is 16.0 Å². The number of amides is 3. The second-order valence-electron chi connectivity index (χ2n) is 9.28. The van der Waals surface area contributed by atoms with Gasteiger partial charge in [0.25, 0.3) is 0 Å². The standard InChI is InChI=1S/C24H39N7O7/c1-12(2)18(25)22(36)30-17(11-14-6-8-15(33)9-7-14)21(35)29-16(5-4-10-28-24(26)27)20(34)31-19(13(3)32)23(37)38/h6-9,12-13,16-19,32-33H,4-5,10-11,25H2,1-3H3,(H,29,35)(H,30,36)(H,31,34)(H,37,38)(H4,26,27,28). The molecule has 0 radical (unpaired) electrons. The van der Waals surface area contributed by atoms with E-state index in [0.717, 1.165) is 0 Å². The summed E-state index contributed by atoms with van der Waals surface area (Å²) in [6.07, 6.45) is -1.13. The molecule has 0 aliphatic carbocycles. The molecule has 5 atom stereocenters. The maximum Gasteiger partial charge on any atom is 0.328 e. The average Bonchev–Trinajstić information content (AvgIpc) is 2.83. The Hall–Kier alpha value is -3.91. The molecule has 1 aromatic carbocycles. The van der Waals surface area contributed by atoms with Crippen molar-refractivity contribution in [2.24, 2.45) is 28.1 Å². The monoisotopic (exact) mass is 537 g/mol. The Bertz CT molecular complexity index is 979. The number of nitrogens with zero attached hydrogens (tertiary/aromatic N) is 1. The molecular weight excluding hydrogens is 498 g/mol. The highest BCUT2D eigenvalue weighted by Crippen LogP contribution is 2.12. The highest BCUT2D eigenvalue weighted by molar-refractivity contribution is 5.94. The first-order chi connectivity index (χ1) is 17.7. The number of guanidine groups is 1. The van der Waals surface area contributed by atoms with Crippen LogP contribution in [0.2, 0.25) is 0 Å². The van der Waals surface area contributed by atoms with Gasteiger partial charge in [-0.15, -0.1) is 0 Å². The Labute approximate surface area is 221 Å². The maximum absolute atomic E-state index is 13.3. The number of phenolic OH excluding ortho intramolecular Hbond substituents is 1. The summed E-state index contributed by atoms with van der Waals surface area (Å²) in [4.78, 5) is 54.2. The number of benzene rings is 1. The molecule has 38 heavy (non-hydrogen) atoms. The normalized spacial score (nSPS) is 14.9. The van der Waals surface area contributed by atoms with E-state index in [-0.39, 0.29) is 43.4 Å². The molecule has 0 bridgehead atoms. The van der Waals surface area contributed by atoms with E-state index in [1.54, 1.807) is 26.0 Å². The minimum atomic E-state index is -1.61. The fourth-order valence-electron chi connectivity index (χ4n) is 3.33. The predicted octanol–water partition coefficient (Wildman–Crippen LogP) is -2.11. The first-order valence-corrected chi connectivity index (χ1v) is 12.1. The van der Waals surface area contributed by atoms with Gasteiger partial charge < -0.3 is 48.5 Å². The molecule has 12 N–H and O–H groups in total. The van der Waals surface area contributed by atoms with Gasteiger partial charge in [0.05, 0.1) is 12.1 Å². The minimum Gasteiger partial charge on any atom is -0.508 e. The number of hydrogen-bond donors (Lipinski definition) is 9. The molecular formula is C24H39N7O7. The number of nitrogens with one attached hydrogen (secondary N) is 3. The number of aliphatic hydroxyl groups excluding tert-OH is 1. The van der Waals surface area contributed by atoms with Crippen molar-refractivity contribution in [1.29, 1.82) is 0 Å². The molecule has 1 aromatic rings. The van der Waals surface area contributed by atoms with Gasteiger partial charge in [-0.05, 0) is 43.4 Å². The molecule has 1 rings (SSSR count). The van der Waals surface area contributed by atoms with E-state index in [2.05, 4.69) is 20.9 Å². The molecule has 0 aromatic heterocycles. The van der Waals surface area contributed by atoms with Gasteiger partial charge in [-0.25, -0.2) is 4.79 Å². The molecule has 212 valence electrons. The van der Waals surface area contributed by atoms with Crippen molar-refractivity contribution in [3.63, 3.8) is 0 Å². The van der Waals surface area contributed by atoms with Gasteiger partial charge in [0.15, 0.2) is 12.0 Å². The Balaban J connectivity index is 3.18. The van der Waals surface area contributed by atoms with Gasteiger partial charge in [0, 0.05) is 13.0 Å². The zero-order valence-electron chi connectivity index (χ0n) is 21.8. The van der Waals surface area contributed by atoms with Crippen LogP contribution in [-0.2, 0) is 25.6 Å². The maximum atomic E-state index is 13.3. The Kier molecular flexibility index (Phi) is 13.0. The van der Waals surface area contributed by atoms with Crippen molar-refractivity contribution < 1.29 is 34.5 Å². The second kappa shape index (κ2) is 15.4. The van der Waals surface area contributed by atoms with Crippen molar-refractivity contribution in [3.8, 4) is 5.75 Å². The number of phenols is 1. The third-order valence-electron chi connectivity index (χ3n) is 5.65. The third kappa shape index (κ3) is 11.0. The van der Waals surface area contributed by atoms with Gasteiger partial charge in [-0.2, -0.15) is 0 Å². The van der Waals surface area contributed by atoms with Crippen LogP contribution in [0.4, 0.5) is 0 Å². The summed E-state index contributed by atoms with van der Waals surface area (Å²) in [5.74, 6) is -3.97. The van der Waals surface area contributed by atoms with E-state index in [4.69, 9.17) is 17.2 Å². The summed E-state index contributed by atoms with van der Waals surface area (Å²) in [5.41, 5.74) is 17.2. The van der Waals surface area contributed by atoms with E-state index >= 15 is 0 Å². The number of aromatic hydroxyl groups is 1. The van der Waals surface area contributed by atoms with Crippen LogP contribution in [-0.4, -0.2) is 81.8 Å². The molecule has 0 spiro atoms. The molecule has 0 aliphatic rings. The van der Waals surface area contributed by atoms with E-state index in [1.807, 2.05) is 0 Å². The second-order valence-corrected chi connectivity index (χ2v) is 9.28. The lowest BCUT2D eigenvalue weighted by atomic mass is 10.0. The molecule has 0 heterocycles. The lowest BCUT2D eigenvalue weighted by Crippen LogP contribution is -2.59. The molecule has 14 nitrogen and oxygen atoms in total. The molecule has 0 aliphatic heterocycles. The number of carbonyl (C=O) groups is 4. The van der Waals surface area contributed by atoms with Crippen LogP contribution in [0.1, 0.15) is 39.2 Å². The average molecular weight is 538 g/mol. The third-order valence-corrected chi connectivity index (χ3v) is 5.65. The minimum absolute atomic E-state index is 0.0104. The lowest BCUT2D eigenvalue weighted by molar-refractivity contribution is -0.145. The summed E-state index contributed by atoms with van der Waals surface area (Å²) in [7, 11) is 0. The SMILES string of the molecule is CC(C)C(N)C(=O)NC(Cc1ccc(O)cc1)C(=O)NC(CCCN=C(N)N)C(=O)NC(C(=O)O)C(C)O. The number of carboxylic acids is 1. The van der Waals surface area contributed by atoms with Gasteiger partial charge in [-0.3, -0.25) is 19.4 Å². The molecule has 3 amide bonds. The number of aliphatic imine (C=N–C) groups is 1. The number of carbonyl (C=O) groups excluding carboxylic acids is 3. The summed E-state index contributed by atoms with van der Waals surface area (Å²) >= 11 is 0. The van der Waals surface area contributed by atoms with Crippen molar-refractivity contribution in [3.05, 3.63) is 29.8 Å². The molecule has 5 unspecified atom stereocenters. The fourth-order valence-corrected chi connectivity index (χ4v) is 3.33. The number of hydrogen-bond acceptors (Lipinski definition) is 8. The van der Waals surface area contributed by atoms with Gasteiger partial charge in [0.1, 0.15) is 17.8 Å². The Morgan fingerprint density at radius 3 is 1.97 bits per heavy atom. The topological polar surface area (TPSA) is 255 Å². The van der Waals surface area contributed by atoms with Gasteiger partial charge >= 0.3 is 5.97 Å². The summed E-state index contributed by atoms with van der Waals surface area (Å²) in [6, 6.07) is 1.09. The van der Waals surface area contributed by atoms with Crippen LogP contribution in [0.25, 0.3) is 0 Å². The fraction of sp³-hybridized carbons (Fsp3) is 0.542. The summed E-state index contributed by atoms with van der Waals surface area (Å²) in [5, 5.41) is 36.0.